The van der Waals surface area contributed by atoms with Crippen molar-refractivity contribution in [3.8, 4) is 0 Å². The van der Waals surface area contributed by atoms with Gasteiger partial charge in [-0.3, -0.25) is 9.67 Å². The lowest BCUT2D eigenvalue weighted by Crippen LogP contribution is -2.43. The molecule has 25 heavy (non-hydrogen) atoms. The van der Waals surface area contributed by atoms with Crippen LogP contribution < -0.4 is 10.6 Å². The maximum absolute atomic E-state index is 5.36. The van der Waals surface area contributed by atoms with Crippen molar-refractivity contribution in [2.75, 3.05) is 26.3 Å². The largest absolute Gasteiger partial charge is 0.382 e. The highest BCUT2D eigenvalue weighted by Gasteiger charge is 2.13. The fourth-order valence-corrected chi connectivity index (χ4v) is 2.67. The van der Waals surface area contributed by atoms with Crippen molar-refractivity contribution >= 4 is 29.9 Å². The zero-order valence-corrected chi connectivity index (χ0v) is 19.0. The number of nitrogens with zero attached hydrogens (tertiary/aromatic N) is 3. The van der Waals surface area contributed by atoms with Crippen molar-refractivity contribution in [1.29, 1.82) is 0 Å². The first-order chi connectivity index (χ1) is 11.5. The minimum absolute atomic E-state index is 0. The molecule has 0 aliphatic carbocycles. The second-order valence-corrected chi connectivity index (χ2v) is 6.19. The number of guanidine groups is 1. The molecule has 1 aromatic rings. The molecule has 0 radical (unpaired) electrons. The molecule has 0 spiro atoms. The maximum Gasteiger partial charge on any atom is 0.191 e. The molecule has 6 nitrogen and oxygen atoms in total. The van der Waals surface area contributed by atoms with E-state index in [0.717, 1.165) is 57.2 Å². The minimum atomic E-state index is 0. The van der Waals surface area contributed by atoms with Crippen LogP contribution in [0.1, 0.15) is 50.6 Å². The van der Waals surface area contributed by atoms with Crippen molar-refractivity contribution in [1.82, 2.24) is 20.4 Å². The topological polar surface area (TPSA) is 63.5 Å². The Morgan fingerprint density at radius 1 is 1.28 bits per heavy atom. The molecular formula is C18H36IN5O. The summed E-state index contributed by atoms with van der Waals surface area (Å²) in [5.74, 6) is 0.889. The lowest BCUT2D eigenvalue weighted by atomic mass is 10.1. The third-order valence-corrected chi connectivity index (χ3v) is 4.07. The van der Waals surface area contributed by atoms with Gasteiger partial charge >= 0.3 is 0 Å². The fraction of sp³-hybridized carbons (Fsp3) is 0.778. The summed E-state index contributed by atoms with van der Waals surface area (Å²) in [7, 11) is 2.00. The summed E-state index contributed by atoms with van der Waals surface area (Å²) in [6, 6.07) is 0.299. The summed E-state index contributed by atoms with van der Waals surface area (Å²) >= 11 is 0. The quantitative estimate of drug-likeness (QED) is 0.242. The molecule has 1 unspecified atom stereocenters. The van der Waals surface area contributed by atoms with Crippen LogP contribution in [0.4, 0.5) is 0 Å². The van der Waals surface area contributed by atoms with Gasteiger partial charge in [-0.05, 0) is 59.4 Å². The summed E-state index contributed by atoms with van der Waals surface area (Å²) in [4.78, 5) is 4.66. The van der Waals surface area contributed by atoms with Gasteiger partial charge in [0, 0.05) is 45.1 Å². The molecule has 0 saturated heterocycles. The summed E-state index contributed by atoms with van der Waals surface area (Å²) in [6.45, 7) is 13.8. The smallest absolute Gasteiger partial charge is 0.191 e. The van der Waals surface area contributed by atoms with Gasteiger partial charge in [0.05, 0.1) is 5.69 Å². The molecule has 146 valence electrons. The molecule has 1 atom stereocenters. The Hall–Kier alpha value is -0.830. The Morgan fingerprint density at radius 2 is 2.00 bits per heavy atom. The number of ether oxygens (including phenoxy) is 1. The van der Waals surface area contributed by atoms with Gasteiger partial charge in [0.15, 0.2) is 5.96 Å². The zero-order valence-electron chi connectivity index (χ0n) is 16.7. The minimum Gasteiger partial charge on any atom is -0.382 e. The lowest BCUT2D eigenvalue weighted by molar-refractivity contribution is 0.144. The van der Waals surface area contributed by atoms with Crippen molar-refractivity contribution in [3.63, 3.8) is 0 Å². The first-order valence-corrected chi connectivity index (χ1v) is 9.11. The highest BCUT2D eigenvalue weighted by molar-refractivity contribution is 14.0. The monoisotopic (exact) mass is 465 g/mol. The van der Waals surface area contributed by atoms with Gasteiger partial charge in [-0.25, -0.2) is 0 Å². The second-order valence-electron chi connectivity index (χ2n) is 6.19. The Bertz CT molecular complexity index is 516. The molecule has 0 bridgehead atoms. The Balaban J connectivity index is 0.00000576. The lowest BCUT2D eigenvalue weighted by Gasteiger charge is -2.18. The molecule has 0 aliphatic heterocycles. The molecular weight excluding hydrogens is 429 g/mol. The number of aromatic nitrogens is 2. The summed E-state index contributed by atoms with van der Waals surface area (Å²) in [6.07, 6.45) is 3.05. The number of nitrogens with one attached hydrogen (secondary N) is 2. The van der Waals surface area contributed by atoms with E-state index in [1.54, 1.807) is 0 Å². The van der Waals surface area contributed by atoms with Crippen molar-refractivity contribution in [2.45, 2.75) is 59.9 Å². The molecule has 0 aromatic carbocycles. The van der Waals surface area contributed by atoms with E-state index in [4.69, 9.17) is 4.74 Å². The predicted molar refractivity (Wildman–Crippen MR) is 116 cm³/mol. The van der Waals surface area contributed by atoms with Crippen LogP contribution in [0.25, 0.3) is 0 Å². The second kappa shape index (κ2) is 13.4. The van der Waals surface area contributed by atoms with E-state index in [1.807, 2.05) is 18.7 Å². The van der Waals surface area contributed by atoms with E-state index in [-0.39, 0.29) is 24.0 Å². The van der Waals surface area contributed by atoms with Crippen LogP contribution in [0.15, 0.2) is 4.99 Å². The molecule has 0 saturated carbocycles. The van der Waals surface area contributed by atoms with Gasteiger partial charge in [-0.15, -0.1) is 24.0 Å². The van der Waals surface area contributed by atoms with E-state index < -0.39 is 0 Å². The van der Waals surface area contributed by atoms with E-state index in [0.29, 0.717) is 6.04 Å². The van der Waals surface area contributed by atoms with Gasteiger partial charge in [0.1, 0.15) is 0 Å². The highest BCUT2D eigenvalue weighted by Crippen LogP contribution is 2.14. The predicted octanol–water partition coefficient (Wildman–Crippen LogP) is 2.96. The van der Waals surface area contributed by atoms with E-state index in [2.05, 4.69) is 48.4 Å². The average Bonchev–Trinajstić information content (AvgIpc) is 2.77. The van der Waals surface area contributed by atoms with Crippen molar-refractivity contribution in [2.24, 2.45) is 12.0 Å². The summed E-state index contributed by atoms with van der Waals surface area (Å²) in [5, 5.41) is 11.3. The third-order valence-electron chi connectivity index (χ3n) is 4.07. The number of unbranched alkanes of at least 4 members (excludes halogenated alkanes) is 1. The standard InChI is InChI=1S/C18H35N5O.HI/c1-7-19-18(20-11-9-10-12-24-8-2)21-14(3)13-17-15(4)22-23(6)16(17)5;/h14H,7-13H2,1-6H3,(H2,19,20,21);1H. The van der Waals surface area contributed by atoms with Crippen molar-refractivity contribution < 1.29 is 4.74 Å². The van der Waals surface area contributed by atoms with Crippen LogP contribution in [-0.4, -0.2) is 48.1 Å². The average molecular weight is 465 g/mol. The number of aryl methyl sites for hydroxylation is 2. The molecule has 1 aromatic heterocycles. The van der Waals surface area contributed by atoms with Crippen LogP contribution in [0.3, 0.4) is 0 Å². The van der Waals surface area contributed by atoms with E-state index in [9.17, 15) is 0 Å². The summed E-state index contributed by atoms with van der Waals surface area (Å²) in [5.41, 5.74) is 3.67. The molecule has 0 fully saturated rings. The first kappa shape index (κ1) is 24.2. The molecule has 7 heteroatoms. The SMILES string of the molecule is CCNC(=NCCCCOCC)NC(C)Cc1c(C)nn(C)c1C.I. The fourth-order valence-electron chi connectivity index (χ4n) is 2.67. The van der Waals surface area contributed by atoms with Crippen molar-refractivity contribution in [3.05, 3.63) is 17.0 Å². The van der Waals surface area contributed by atoms with Gasteiger partial charge < -0.3 is 15.4 Å². The number of rotatable bonds is 10. The normalized spacial score (nSPS) is 12.6. The Kier molecular flexibility index (Phi) is 12.9. The third kappa shape index (κ3) is 8.89. The van der Waals surface area contributed by atoms with E-state index >= 15 is 0 Å². The van der Waals surface area contributed by atoms with Crippen LogP contribution >= 0.6 is 24.0 Å². The summed E-state index contributed by atoms with van der Waals surface area (Å²) < 4.78 is 7.31. The molecule has 0 aliphatic rings. The Morgan fingerprint density at radius 3 is 2.56 bits per heavy atom. The van der Waals surface area contributed by atoms with Crippen LogP contribution in [0.5, 0.6) is 0 Å². The molecule has 1 heterocycles. The Labute approximate surface area is 170 Å². The van der Waals surface area contributed by atoms with Gasteiger partial charge in [0.2, 0.25) is 0 Å². The highest BCUT2D eigenvalue weighted by atomic mass is 127. The molecule has 2 N–H and O–H groups in total. The van der Waals surface area contributed by atoms with Gasteiger partial charge in [-0.2, -0.15) is 5.10 Å². The maximum atomic E-state index is 5.36. The zero-order chi connectivity index (χ0) is 17.9. The number of aliphatic imine (C=N–C) groups is 1. The van der Waals surface area contributed by atoms with E-state index in [1.165, 1.54) is 11.3 Å². The molecule has 1 rings (SSSR count). The number of hydrogen-bond donors (Lipinski definition) is 2. The van der Waals surface area contributed by atoms with Crippen LogP contribution in [0, 0.1) is 13.8 Å². The number of hydrogen-bond acceptors (Lipinski definition) is 3. The van der Waals surface area contributed by atoms with Crippen LogP contribution in [0.2, 0.25) is 0 Å². The van der Waals surface area contributed by atoms with Gasteiger partial charge in [-0.1, -0.05) is 0 Å². The number of halogens is 1. The van der Waals surface area contributed by atoms with Gasteiger partial charge in [0.25, 0.3) is 0 Å². The molecule has 0 amide bonds. The first-order valence-electron chi connectivity index (χ1n) is 9.11. The van der Waals surface area contributed by atoms with Crippen LogP contribution in [-0.2, 0) is 18.2 Å².